The first-order valence-corrected chi connectivity index (χ1v) is 10.4. The lowest BCUT2D eigenvalue weighted by molar-refractivity contribution is -0.124. The Labute approximate surface area is 180 Å². The van der Waals surface area contributed by atoms with Crippen LogP contribution in [0.1, 0.15) is 35.2 Å². The normalized spacial score (nSPS) is 16.0. The number of amides is 2. The maximum absolute atomic E-state index is 12.9. The summed E-state index contributed by atoms with van der Waals surface area (Å²) in [4.78, 5) is 27.1. The second kappa shape index (κ2) is 9.99. The molecule has 1 N–H and O–H groups in total. The molecule has 0 aromatic heterocycles. The Bertz CT molecular complexity index is 871. The fraction of sp³-hybridized carbons (Fsp3) is 0.364. The van der Waals surface area contributed by atoms with Gasteiger partial charge in [-0.2, -0.15) is 0 Å². The molecule has 1 heterocycles. The number of hydrogen-bond donors (Lipinski definition) is 1. The molecule has 0 saturated carbocycles. The molecule has 1 aliphatic heterocycles. The van der Waals surface area contributed by atoms with Crippen LogP contribution in [0.3, 0.4) is 0 Å². The maximum Gasteiger partial charge on any atom is 0.256 e. The van der Waals surface area contributed by atoms with Crippen molar-refractivity contribution < 1.29 is 14.3 Å². The van der Waals surface area contributed by atoms with Gasteiger partial charge in [-0.15, -0.1) is 0 Å². The number of methoxy groups -OCH3 is 1. The van der Waals surface area contributed by atoms with E-state index in [1.165, 1.54) is 5.56 Å². The van der Waals surface area contributed by atoms with Crippen molar-refractivity contribution in [2.24, 2.45) is 0 Å². The predicted octanol–water partition coefficient (Wildman–Crippen LogP) is 4.36. The molecule has 1 atom stereocenters. The molecule has 2 aromatic carbocycles. The molecule has 2 amide bonds. The number of hydrogen-bond acceptors (Lipinski definition) is 3. The summed E-state index contributed by atoms with van der Waals surface area (Å²) < 4.78 is 5.15. The summed E-state index contributed by atoms with van der Waals surface area (Å²) in [7, 11) is 1.64. The van der Waals surface area contributed by atoms with Crippen molar-refractivity contribution in [1.29, 1.82) is 0 Å². The van der Waals surface area contributed by atoms with Gasteiger partial charge in [0.1, 0.15) is 11.8 Å². The van der Waals surface area contributed by atoms with Crippen LogP contribution in [0, 0.1) is 0 Å². The highest BCUT2D eigenvalue weighted by Crippen LogP contribution is 2.26. The van der Waals surface area contributed by atoms with Crippen LogP contribution in [0.15, 0.2) is 42.5 Å². The van der Waals surface area contributed by atoms with Gasteiger partial charge in [-0.3, -0.25) is 9.59 Å². The smallest absolute Gasteiger partial charge is 0.256 e. The average Bonchev–Trinajstić information content (AvgIpc) is 3.23. The van der Waals surface area contributed by atoms with Gasteiger partial charge in [0.2, 0.25) is 5.91 Å². The number of aryl methyl sites for hydroxylation is 1. The first-order valence-electron chi connectivity index (χ1n) is 9.66. The number of carbonyl (C=O) groups excluding carboxylic acids is 2. The number of benzene rings is 2. The first kappa shape index (κ1) is 21.5. The summed E-state index contributed by atoms with van der Waals surface area (Å²) in [6, 6.07) is 12.2. The van der Waals surface area contributed by atoms with Gasteiger partial charge in [0, 0.05) is 18.1 Å². The summed E-state index contributed by atoms with van der Waals surface area (Å²) in [6.45, 7) is 1.09. The van der Waals surface area contributed by atoms with Crippen molar-refractivity contribution in [2.45, 2.75) is 31.7 Å². The van der Waals surface area contributed by atoms with Crippen LogP contribution >= 0.6 is 23.2 Å². The third kappa shape index (κ3) is 5.43. The molecule has 0 radical (unpaired) electrons. The van der Waals surface area contributed by atoms with E-state index in [4.69, 9.17) is 27.9 Å². The van der Waals surface area contributed by atoms with Crippen LogP contribution in [0.4, 0.5) is 0 Å². The molecule has 1 fully saturated rings. The molecule has 0 aliphatic carbocycles. The highest BCUT2D eigenvalue weighted by atomic mass is 35.5. The SMILES string of the molecule is COc1ccc(CCCNC(=O)C2CCCN2C(=O)c2cc(Cl)ccc2Cl)cc1. The minimum atomic E-state index is -0.474. The Morgan fingerprint density at radius 2 is 1.93 bits per heavy atom. The molecule has 5 nitrogen and oxygen atoms in total. The second-order valence-electron chi connectivity index (χ2n) is 7.02. The lowest BCUT2D eigenvalue weighted by Gasteiger charge is -2.24. The monoisotopic (exact) mass is 434 g/mol. The lowest BCUT2D eigenvalue weighted by atomic mass is 10.1. The lowest BCUT2D eigenvalue weighted by Crippen LogP contribution is -2.46. The largest absolute Gasteiger partial charge is 0.497 e. The molecule has 1 unspecified atom stereocenters. The number of rotatable bonds is 7. The molecule has 0 bridgehead atoms. The van der Waals surface area contributed by atoms with Gasteiger partial charge in [0.15, 0.2) is 0 Å². The summed E-state index contributed by atoms with van der Waals surface area (Å²) in [6.07, 6.45) is 3.11. The highest BCUT2D eigenvalue weighted by Gasteiger charge is 2.35. The Morgan fingerprint density at radius 3 is 2.66 bits per heavy atom. The van der Waals surface area contributed by atoms with E-state index >= 15 is 0 Å². The number of ether oxygens (including phenoxy) is 1. The summed E-state index contributed by atoms with van der Waals surface area (Å²) in [5.74, 6) is 0.449. The van der Waals surface area contributed by atoms with E-state index in [2.05, 4.69) is 5.32 Å². The number of nitrogens with one attached hydrogen (secondary N) is 1. The minimum Gasteiger partial charge on any atom is -0.497 e. The Balaban J connectivity index is 1.52. The number of carbonyl (C=O) groups is 2. The summed E-state index contributed by atoms with van der Waals surface area (Å²) >= 11 is 12.2. The van der Waals surface area contributed by atoms with Gasteiger partial charge in [0.05, 0.1) is 17.7 Å². The van der Waals surface area contributed by atoms with Gasteiger partial charge >= 0.3 is 0 Å². The maximum atomic E-state index is 12.9. The molecule has 1 saturated heterocycles. The zero-order valence-electron chi connectivity index (χ0n) is 16.3. The molecule has 7 heteroatoms. The molecule has 0 spiro atoms. The van der Waals surface area contributed by atoms with Gasteiger partial charge in [-0.25, -0.2) is 0 Å². The molecule has 1 aliphatic rings. The zero-order valence-corrected chi connectivity index (χ0v) is 17.8. The quantitative estimate of drug-likeness (QED) is 0.658. The van der Waals surface area contributed by atoms with Crippen LogP contribution in [-0.4, -0.2) is 43.0 Å². The number of halogens is 2. The number of nitrogens with zero attached hydrogens (tertiary/aromatic N) is 1. The van der Waals surface area contributed by atoms with E-state index in [9.17, 15) is 9.59 Å². The third-order valence-corrected chi connectivity index (χ3v) is 5.64. The van der Waals surface area contributed by atoms with Crippen molar-refractivity contribution in [3.63, 3.8) is 0 Å². The van der Waals surface area contributed by atoms with Gasteiger partial charge in [0.25, 0.3) is 5.91 Å². The van der Waals surface area contributed by atoms with Crippen molar-refractivity contribution in [1.82, 2.24) is 10.2 Å². The first-order chi connectivity index (χ1) is 14.0. The van der Waals surface area contributed by atoms with Crippen LogP contribution in [0.5, 0.6) is 5.75 Å². The Morgan fingerprint density at radius 1 is 1.17 bits per heavy atom. The summed E-state index contributed by atoms with van der Waals surface area (Å²) in [5.41, 5.74) is 1.52. The average molecular weight is 435 g/mol. The Kier molecular flexibility index (Phi) is 7.40. The minimum absolute atomic E-state index is 0.122. The van der Waals surface area contributed by atoms with Crippen LogP contribution in [-0.2, 0) is 11.2 Å². The standard InChI is InChI=1S/C22H24Cl2N2O3/c1-29-17-9-6-15(7-10-17)4-2-12-25-21(27)20-5-3-13-26(20)22(28)18-14-16(23)8-11-19(18)24/h6-11,14,20H,2-5,12-13H2,1H3,(H,25,27). The zero-order chi connectivity index (χ0) is 20.8. The van der Waals surface area contributed by atoms with Gasteiger partial charge in [-0.05, 0) is 61.6 Å². The van der Waals surface area contributed by atoms with E-state index in [-0.39, 0.29) is 11.8 Å². The van der Waals surface area contributed by atoms with Gasteiger partial charge in [-0.1, -0.05) is 35.3 Å². The van der Waals surface area contributed by atoms with Crippen molar-refractivity contribution in [3.8, 4) is 5.75 Å². The van der Waals surface area contributed by atoms with Crippen LogP contribution in [0.25, 0.3) is 0 Å². The van der Waals surface area contributed by atoms with E-state index in [0.29, 0.717) is 35.1 Å². The topological polar surface area (TPSA) is 58.6 Å². The molecule has 2 aromatic rings. The third-order valence-electron chi connectivity index (χ3n) is 5.08. The predicted molar refractivity (Wildman–Crippen MR) is 115 cm³/mol. The van der Waals surface area contributed by atoms with E-state index in [0.717, 1.165) is 25.0 Å². The van der Waals surface area contributed by atoms with Crippen molar-refractivity contribution >= 4 is 35.0 Å². The number of likely N-dealkylation sites (tertiary alicyclic amines) is 1. The Hall–Kier alpha value is -2.24. The fourth-order valence-corrected chi connectivity index (χ4v) is 3.88. The molecular formula is C22H24Cl2N2O3. The molecule has 154 valence electrons. The van der Waals surface area contributed by atoms with E-state index in [1.54, 1.807) is 30.2 Å². The van der Waals surface area contributed by atoms with Crippen LogP contribution in [0.2, 0.25) is 10.0 Å². The van der Waals surface area contributed by atoms with E-state index in [1.807, 2.05) is 24.3 Å². The van der Waals surface area contributed by atoms with E-state index < -0.39 is 6.04 Å². The second-order valence-corrected chi connectivity index (χ2v) is 7.87. The van der Waals surface area contributed by atoms with Crippen molar-refractivity contribution in [2.75, 3.05) is 20.2 Å². The molecule has 29 heavy (non-hydrogen) atoms. The van der Waals surface area contributed by atoms with Gasteiger partial charge < -0.3 is 15.0 Å². The summed E-state index contributed by atoms with van der Waals surface area (Å²) in [5, 5.41) is 3.74. The molecular weight excluding hydrogens is 411 g/mol. The fourth-order valence-electron chi connectivity index (χ4n) is 3.51. The van der Waals surface area contributed by atoms with Crippen LogP contribution < -0.4 is 10.1 Å². The highest BCUT2D eigenvalue weighted by molar-refractivity contribution is 6.35. The molecule has 3 rings (SSSR count). The van der Waals surface area contributed by atoms with Crippen molar-refractivity contribution in [3.05, 3.63) is 63.6 Å².